The molecule has 2 aromatic rings. The number of aliphatic carboxylic acids is 1. The van der Waals surface area contributed by atoms with Crippen LogP contribution < -0.4 is 5.32 Å². The molecule has 0 spiro atoms. The Balaban J connectivity index is 1.38. The fourth-order valence-corrected chi connectivity index (χ4v) is 5.38. The molecule has 2 aliphatic rings. The number of hydrogen-bond acceptors (Lipinski definition) is 4. The van der Waals surface area contributed by atoms with Crippen LogP contribution in [0.1, 0.15) is 57.1 Å². The Morgan fingerprint density at radius 2 is 1.69 bits per heavy atom. The Labute approximate surface area is 206 Å². The van der Waals surface area contributed by atoms with Gasteiger partial charge in [0.15, 0.2) is 0 Å². The molecule has 2 aromatic carbocycles. The van der Waals surface area contributed by atoms with Crippen LogP contribution in [-0.2, 0) is 14.3 Å². The van der Waals surface area contributed by atoms with Crippen LogP contribution in [0.2, 0.25) is 0 Å². The zero-order chi connectivity index (χ0) is 25.2. The second kappa shape index (κ2) is 10.1. The van der Waals surface area contributed by atoms with Gasteiger partial charge >= 0.3 is 12.1 Å². The highest BCUT2D eigenvalue weighted by Gasteiger charge is 2.42. The van der Waals surface area contributed by atoms with E-state index in [0.29, 0.717) is 25.8 Å². The van der Waals surface area contributed by atoms with E-state index in [1.807, 2.05) is 38.1 Å². The fraction of sp³-hybridized carbons (Fsp3) is 0.464. The lowest BCUT2D eigenvalue weighted by atomic mass is 9.82. The molecule has 0 bridgehead atoms. The predicted molar refractivity (Wildman–Crippen MR) is 133 cm³/mol. The summed E-state index contributed by atoms with van der Waals surface area (Å²) in [5, 5.41) is 12.3. The van der Waals surface area contributed by atoms with Gasteiger partial charge in [-0.2, -0.15) is 0 Å². The lowest BCUT2D eigenvalue weighted by Crippen LogP contribution is -2.55. The number of ether oxygens (including phenoxy) is 1. The number of nitrogens with zero attached hydrogens (tertiary/aromatic N) is 1. The Kier molecular flexibility index (Phi) is 7.15. The van der Waals surface area contributed by atoms with Crippen molar-refractivity contribution >= 4 is 18.0 Å². The molecule has 1 aliphatic heterocycles. The first-order valence-electron chi connectivity index (χ1n) is 12.4. The molecule has 0 aromatic heterocycles. The number of likely N-dealkylation sites (tertiary alicyclic amines) is 1. The number of amides is 2. The molecular formula is C28H34N2O5. The first kappa shape index (κ1) is 24.8. The Hall–Kier alpha value is -3.35. The molecular weight excluding hydrogens is 444 g/mol. The van der Waals surface area contributed by atoms with Crippen LogP contribution in [0.4, 0.5) is 4.79 Å². The number of piperidine rings is 1. The van der Waals surface area contributed by atoms with Gasteiger partial charge in [-0.05, 0) is 55.4 Å². The molecule has 1 fully saturated rings. The second-order valence-corrected chi connectivity index (χ2v) is 9.92. The molecule has 0 radical (unpaired) electrons. The Morgan fingerprint density at radius 3 is 2.26 bits per heavy atom. The number of fused-ring (bicyclic) bond motifs is 3. The van der Waals surface area contributed by atoms with Gasteiger partial charge in [0.1, 0.15) is 6.61 Å². The summed E-state index contributed by atoms with van der Waals surface area (Å²) in [6.07, 6.45) is 1.18. The molecule has 2 amide bonds. The van der Waals surface area contributed by atoms with Crippen molar-refractivity contribution in [1.29, 1.82) is 0 Å². The van der Waals surface area contributed by atoms with Crippen molar-refractivity contribution in [2.24, 2.45) is 11.3 Å². The van der Waals surface area contributed by atoms with Gasteiger partial charge in [-0.15, -0.1) is 0 Å². The van der Waals surface area contributed by atoms with Crippen LogP contribution in [0, 0.1) is 11.3 Å². The third-order valence-corrected chi connectivity index (χ3v) is 7.83. The molecule has 4 rings (SSSR count). The van der Waals surface area contributed by atoms with Gasteiger partial charge in [-0.25, -0.2) is 4.79 Å². The lowest BCUT2D eigenvalue weighted by Gasteiger charge is -2.42. The predicted octanol–water partition coefficient (Wildman–Crippen LogP) is 4.65. The van der Waals surface area contributed by atoms with E-state index in [9.17, 15) is 19.5 Å². The number of rotatable bonds is 7. The number of nitrogens with one attached hydrogen (secondary N) is 1. The molecule has 7 nitrogen and oxygen atoms in total. The summed E-state index contributed by atoms with van der Waals surface area (Å²) in [6.45, 7) is 6.38. The molecule has 2 N–H and O–H groups in total. The van der Waals surface area contributed by atoms with Gasteiger partial charge in [-0.1, -0.05) is 55.5 Å². The van der Waals surface area contributed by atoms with Gasteiger partial charge in [0.05, 0.1) is 11.3 Å². The van der Waals surface area contributed by atoms with Crippen LogP contribution in [0.5, 0.6) is 0 Å². The van der Waals surface area contributed by atoms with Crippen molar-refractivity contribution < 1.29 is 24.2 Å². The zero-order valence-corrected chi connectivity index (χ0v) is 20.6. The van der Waals surface area contributed by atoms with Crippen LogP contribution in [0.3, 0.4) is 0 Å². The molecule has 1 unspecified atom stereocenters. The first-order chi connectivity index (χ1) is 16.8. The largest absolute Gasteiger partial charge is 0.481 e. The highest BCUT2D eigenvalue weighted by molar-refractivity contribution is 5.85. The number of alkyl carbamates (subject to hydrolysis) is 1. The smallest absolute Gasteiger partial charge is 0.407 e. The number of carbonyl (C=O) groups is 3. The van der Waals surface area contributed by atoms with Crippen LogP contribution in [0.15, 0.2) is 48.5 Å². The topological polar surface area (TPSA) is 95.9 Å². The third kappa shape index (κ3) is 4.77. The highest BCUT2D eigenvalue weighted by atomic mass is 16.5. The van der Waals surface area contributed by atoms with Crippen LogP contribution in [-0.4, -0.2) is 53.7 Å². The lowest BCUT2D eigenvalue weighted by molar-refractivity contribution is -0.153. The standard InChI is InChI=1S/C28H34N2O5/c1-4-28(3,26(33)30-15-9-14-19(18(30)2)25(31)32)17-29-27(34)35-16-24-22-12-7-5-10-20(22)21-11-6-8-13-23(21)24/h5-8,10-13,18-19,24H,4,9,14-17H2,1-3H3,(H,29,34)(H,31,32)/t18-,19-,28?/m0/s1. The van der Waals surface area contributed by atoms with Gasteiger partial charge in [0.25, 0.3) is 0 Å². The zero-order valence-electron chi connectivity index (χ0n) is 20.6. The maximum atomic E-state index is 13.4. The summed E-state index contributed by atoms with van der Waals surface area (Å²) in [7, 11) is 0. The molecule has 1 saturated heterocycles. The number of carboxylic acids is 1. The van der Waals surface area contributed by atoms with E-state index >= 15 is 0 Å². The monoisotopic (exact) mass is 478 g/mol. The number of hydrogen-bond donors (Lipinski definition) is 2. The Bertz CT molecular complexity index is 1070. The molecule has 35 heavy (non-hydrogen) atoms. The van der Waals surface area contributed by atoms with Crippen molar-refractivity contribution in [1.82, 2.24) is 10.2 Å². The van der Waals surface area contributed by atoms with Crippen LogP contribution >= 0.6 is 0 Å². The molecule has 1 heterocycles. The van der Waals surface area contributed by atoms with E-state index in [1.165, 1.54) is 0 Å². The summed E-state index contributed by atoms with van der Waals surface area (Å²) in [5.41, 5.74) is 3.76. The number of benzene rings is 2. The minimum absolute atomic E-state index is 0.0329. The summed E-state index contributed by atoms with van der Waals surface area (Å²) in [4.78, 5) is 39.3. The van der Waals surface area contributed by atoms with Gasteiger partial charge in [0.2, 0.25) is 5.91 Å². The van der Waals surface area contributed by atoms with Crippen molar-refractivity contribution in [3.05, 3.63) is 59.7 Å². The highest BCUT2D eigenvalue weighted by Crippen LogP contribution is 2.44. The SMILES string of the molecule is CCC(C)(CNC(=O)OCC1c2ccccc2-c2ccccc21)C(=O)N1CCC[C@H](C(=O)O)[C@@H]1C. The maximum absolute atomic E-state index is 13.4. The second-order valence-electron chi connectivity index (χ2n) is 9.92. The average Bonchev–Trinajstić information content (AvgIpc) is 3.19. The van der Waals surface area contributed by atoms with E-state index in [-0.39, 0.29) is 31.0 Å². The Morgan fingerprint density at radius 1 is 1.09 bits per heavy atom. The van der Waals surface area contributed by atoms with E-state index in [0.717, 1.165) is 22.3 Å². The molecule has 1 aliphatic carbocycles. The average molecular weight is 479 g/mol. The molecule has 0 saturated carbocycles. The van der Waals surface area contributed by atoms with Crippen molar-refractivity contribution in [2.45, 2.75) is 52.0 Å². The van der Waals surface area contributed by atoms with Crippen molar-refractivity contribution in [3.63, 3.8) is 0 Å². The van der Waals surface area contributed by atoms with E-state index in [4.69, 9.17) is 4.74 Å². The fourth-order valence-electron chi connectivity index (χ4n) is 5.38. The number of carboxylic acid groups (broad SMARTS) is 1. The minimum Gasteiger partial charge on any atom is -0.481 e. The minimum atomic E-state index is -0.870. The van der Waals surface area contributed by atoms with Crippen LogP contribution in [0.25, 0.3) is 11.1 Å². The van der Waals surface area contributed by atoms with E-state index in [2.05, 4.69) is 29.6 Å². The van der Waals surface area contributed by atoms with Gasteiger partial charge < -0.3 is 20.1 Å². The van der Waals surface area contributed by atoms with Crippen molar-refractivity contribution in [2.75, 3.05) is 19.7 Å². The van der Waals surface area contributed by atoms with Crippen molar-refractivity contribution in [3.8, 4) is 11.1 Å². The van der Waals surface area contributed by atoms with Gasteiger partial charge in [0, 0.05) is 25.0 Å². The summed E-state index contributed by atoms with van der Waals surface area (Å²) < 4.78 is 5.62. The van der Waals surface area contributed by atoms with E-state index in [1.54, 1.807) is 11.8 Å². The third-order valence-electron chi connectivity index (χ3n) is 7.83. The first-order valence-corrected chi connectivity index (χ1v) is 12.4. The molecule has 186 valence electrons. The van der Waals surface area contributed by atoms with E-state index < -0.39 is 23.4 Å². The number of carbonyl (C=O) groups excluding carboxylic acids is 2. The van der Waals surface area contributed by atoms with Gasteiger partial charge in [-0.3, -0.25) is 9.59 Å². The normalized spacial score (nSPS) is 20.9. The molecule has 3 atom stereocenters. The summed E-state index contributed by atoms with van der Waals surface area (Å²) in [6, 6.07) is 15.9. The summed E-state index contributed by atoms with van der Waals surface area (Å²) >= 11 is 0. The summed E-state index contributed by atoms with van der Waals surface area (Å²) in [5.74, 6) is -1.60. The molecule has 7 heteroatoms. The quantitative estimate of drug-likeness (QED) is 0.604. The maximum Gasteiger partial charge on any atom is 0.407 e.